The zero-order valence-electron chi connectivity index (χ0n) is 13.1. The van der Waals surface area contributed by atoms with Gasteiger partial charge in [0.15, 0.2) is 11.4 Å². The lowest BCUT2D eigenvalue weighted by Crippen LogP contribution is -2.42. The fraction of sp³-hybridized carbons (Fsp3) is 0.188. The quantitative estimate of drug-likeness (QED) is 0.721. The Morgan fingerprint density at radius 1 is 1.29 bits per heavy atom. The van der Waals surface area contributed by atoms with Crippen molar-refractivity contribution in [1.29, 1.82) is 0 Å². The number of nitrogens with zero attached hydrogens (tertiary/aromatic N) is 3. The molecule has 0 atom stereocenters. The molecule has 124 valence electrons. The highest BCUT2D eigenvalue weighted by Crippen LogP contribution is 2.28. The van der Waals surface area contributed by atoms with Crippen LogP contribution >= 0.6 is 15.9 Å². The Morgan fingerprint density at radius 3 is 2.71 bits per heavy atom. The van der Waals surface area contributed by atoms with E-state index in [1.54, 1.807) is 30.8 Å². The Labute approximate surface area is 146 Å². The van der Waals surface area contributed by atoms with Crippen LogP contribution in [0.5, 0.6) is 5.88 Å². The Hall–Kier alpha value is -2.61. The first-order chi connectivity index (χ1) is 11.5. The smallest absolute Gasteiger partial charge is 0.269 e. The first-order valence-electron chi connectivity index (χ1n) is 7.17. The molecule has 0 unspecified atom stereocenters. The summed E-state index contributed by atoms with van der Waals surface area (Å²) in [5.74, 6) is 0.280. The number of amides is 1. The van der Waals surface area contributed by atoms with Crippen LogP contribution in [0, 0.1) is 0 Å². The van der Waals surface area contributed by atoms with Crippen LogP contribution in [0.3, 0.4) is 0 Å². The minimum absolute atomic E-state index is 0.319. The second-order valence-electron chi connectivity index (χ2n) is 5.51. The number of carbonyl (C=O) groups excluding carboxylic acids is 1. The van der Waals surface area contributed by atoms with Crippen molar-refractivity contribution >= 4 is 27.7 Å². The van der Waals surface area contributed by atoms with Gasteiger partial charge in [0.05, 0.1) is 10.2 Å². The molecule has 1 aromatic carbocycles. The van der Waals surface area contributed by atoms with Crippen molar-refractivity contribution in [1.82, 2.24) is 14.9 Å². The van der Waals surface area contributed by atoms with Crippen molar-refractivity contribution in [3.05, 3.63) is 53.3 Å². The summed E-state index contributed by atoms with van der Waals surface area (Å²) >= 11 is 3.41. The highest BCUT2D eigenvalue weighted by atomic mass is 79.9. The average molecular weight is 391 g/mol. The number of benzene rings is 1. The summed E-state index contributed by atoms with van der Waals surface area (Å²) in [6.07, 6.45) is 3.15. The molecule has 0 saturated heterocycles. The fourth-order valence-corrected chi connectivity index (χ4v) is 2.31. The number of hydrogen-bond donors (Lipinski definition) is 1. The van der Waals surface area contributed by atoms with Crippen LogP contribution in [-0.4, -0.2) is 26.4 Å². The van der Waals surface area contributed by atoms with Crippen LogP contribution in [0.1, 0.15) is 13.8 Å². The third kappa shape index (κ3) is 3.48. The predicted molar refractivity (Wildman–Crippen MR) is 91.1 cm³/mol. The summed E-state index contributed by atoms with van der Waals surface area (Å²) in [4.78, 5) is 12.4. The Kier molecular flexibility index (Phi) is 4.39. The normalized spacial score (nSPS) is 11.3. The van der Waals surface area contributed by atoms with Crippen LogP contribution in [0.4, 0.5) is 5.82 Å². The van der Waals surface area contributed by atoms with Gasteiger partial charge in [-0.3, -0.25) is 4.79 Å². The van der Waals surface area contributed by atoms with Gasteiger partial charge in [-0.25, -0.2) is 4.68 Å². The third-order valence-electron chi connectivity index (χ3n) is 3.24. The number of carbonyl (C=O) groups is 1. The van der Waals surface area contributed by atoms with Crippen molar-refractivity contribution in [2.45, 2.75) is 19.4 Å². The monoisotopic (exact) mass is 390 g/mol. The fourth-order valence-electron chi connectivity index (χ4n) is 1.95. The number of rotatable bonds is 5. The largest absolute Gasteiger partial charge is 0.460 e. The topological polar surface area (TPSA) is 82.2 Å². The summed E-state index contributed by atoms with van der Waals surface area (Å²) in [6.45, 7) is 3.30. The lowest BCUT2D eigenvalue weighted by molar-refractivity contribution is -0.128. The molecule has 0 radical (unpaired) electrons. The number of para-hydroxylation sites is 1. The van der Waals surface area contributed by atoms with Gasteiger partial charge in [-0.1, -0.05) is 23.4 Å². The van der Waals surface area contributed by atoms with E-state index in [0.717, 1.165) is 5.69 Å². The molecule has 1 amide bonds. The summed E-state index contributed by atoms with van der Waals surface area (Å²) in [7, 11) is 0. The molecule has 8 heteroatoms. The van der Waals surface area contributed by atoms with E-state index < -0.39 is 5.60 Å². The second-order valence-corrected chi connectivity index (χ2v) is 6.37. The SMILES string of the molecule is CC(C)(Oc1nn(-c2ccccc2)cc1Br)C(=O)Nc1ccon1. The molecular weight excluding hydrogens is 376 g/mol. The Morgan fingerprint density at radius 2 is 2.04 bits per heavy atom. The minimum atomic E-state index is -1.16. The molecule has 0 spiro atoms. The maximum Gasteiger partial charge on any atom is 0.269 e. The number of hydrogen-bond acceptors (Lipinski definition) is 5. The molecule has 3 rings (SSSR count). The molecule has 2 heterocycles. The van der Waals surface area contributed by atoms with Gasteiger partial charge in [0.1, 0.15) is 6.26 Å². The van der Waals surface area contributed by atoms with Crippen LogP contribution in [0.2, 0.25) is 0 Å². The molecule has 0 aliphatic heterocycles. The predicted octanol–water partition coefficient (Wildman–Crippen LogP) is 3.42. The number of anilines is 1. The zero-order chi connectivity index (χ0) is 17.2. The van der Waals surface area contributed by atoms with E-state index in [-0.39, 0.29) is 5.91 Å². The maximum atomic E-state index is 12.4. The van der Waals surface area contributed by atoms with E-state index >= 15 is 0 Å². The van der Waals surface area contributed by atoms with Crippen molar-refractivity contribution < 1.29 is 14.1 Å². The molecule has 7 nitrogen and oxygen atoms in total. The van der Waals surface area contributed by atoms with Crippen molar-refractivity contribution in [3.8, 4) is 11.6 Å². The Bertz CT molecular complexity index is 828. The maximum absolute atomic E-state index is 12.4. The molecule has 1 N–H and O–H groups in total. The van der Waals surface area contributed by atoms with E-state index in [1.165, 1.54) is 6.26 Å². The average Bonchev–Trinajstić information content (AvgIpc) is 3.18. The zero-order valence-corrected chi connectivity index (χ0v) is 14.6. The molecule has 24 heavy (non-hydrogen) atoms. The summed E-state index contributed by atoms with van der Waals surface area (Å²) < 4.78 is 12.8. The molecule has 0 bridgehead atoms. The summed E-state index contributed by atoms with van der Waals surface area (Å²) in [6, 6.07) is 11.2. The van der Waals surface area contributed by atoms with Crippen molar-refractivity contribution in [3.63, 3.8) is 0 Å². The van der Waals surface area contributed by atoms with Crippen LogP contribution < -0.4 is 10.1 Å². The van der Waals surface area contributed by atoms with Crippen LogP contribution in [0.25, 0.3) is 5.69 Å². The van der Waals surface area contributed by atoms with E-state index in [9.17, 15) is 4.79 Å². The molecular formula is C16H15BrN4O3. The highest BCUT2D eigenvalue weighted by molar-refractivity contribution is 9.10. The number of halogens is 1. The van der Waals surface area contributed by atoms with Gasteiger partial charge in [-0.15, -0.1) is 5.10 Å². The van der Waals surface area contributed by atoms with Crippen molar-refractivity contribution in [2.24, 2.45) is 0 Å². The van der Waals surface area contributed by atoms with Gasteiger partial charge in [0.2, 0.25) is 5.88 Å². The molecule has 2 aromatic heterocycles. The number of nitrogens with one attached hydrogen (secondary N) is 1. The van der Waals surface area contributed by atoms with Gasteiger partial charge < -0.3 is 14.6 Å². The van der Waals surface area contributed by atoms with Gasteiger partial charge in [-0.05, 0) is 41.9 Å². The third-order valence-corrected chi connectivity index (χ3v) is 3.78. The van der Waals surface area contributed by atoms with Gasteiger partial charge >= 0.3 is 0 Å². The summed E-state index contributed by atoms with van der Waals surface area (Å²) in [5, 5.41) is 10.6. The second kappa shape index (κ2) is 6.48. The molecule has 0 aliphatic rings. The first-order valence-corrected chi connectivity index (χ1v) is 7.96. The van der Waals surface area contributed by atoms with E-state index in [1.807, 2.05) is 30.3 Å². The standard InChI is InChI=1S/C16H15BrN4O3/c1-16(2,15(22)18-13-8-9-23-20-13)24-14-12(17)10-21(19-14)11-6-4-3-5-7-11/h3-10H,1-2H3,(H,18,20,22). The van der Waals surface area contributed by atoms with Gasteiger partial charge in [-0.2, -0.15) is 0 Å². The number of ether oxygens (including phenoxy) is 1. The summed E-state index contributed by atoms with van der Waals surface area (Å²) in [5.41, 5.74) is -0.268. The van der Waals surface area contributed by atoms with E-state index in [4.69, 9.17) is 4.74 Å². The minimum Gasteiger partial charge on any atom is -0.460 e. The van der Waals surface area contributed by atoms with Crippen LogP contribution in [0.15, 0.2) is 57.9 Å². The van der Waals surface area contributed by atoms with E-state index in [2.05, 4.69) is 36.0 Å². The molecule has 0 saturated carbocycles. The van der Waals surface area contributed by atoms with Crippen molar-refractivity contribution in [2.75, 3.05) is 5.32 Å². The van der Waals surface area contributed by atoms with E-state index in [0.29, 0.717) is 16.2 Å². The van der Waals surface area contributed by atoms with Gasteiger partial charge in [0.25, 0.3) is 5.91 Å². The van der Waals surface area contributed by atoms with Gasteiger partial charge in [0, 0.05) is 12.3 Å². The lowest BCUT2D eigenvalue weighted by atomic mass is 10.1. The highest BCUT2D eigenvalue weighted by Gasteiger charge is 2.32. The van der Waals surface area contributed by atoms with Crippen LogP contribution in [-0.2, 0) is 4.79 Å². The Balaban J connectivity index is 1.77. The lowest BCUT2D eigenvalue weighted by Gasteiger charge is -2.23. The molecule has 3 aromatic rings. The number of aromatic nitrogens is 3. The molecule has 0 aliphatic carbocycles. The first kappa shape index (κ1) is 16.3. The molecule has 0 fully saturated rings.